The second-order valence-electron chi connectivity index (χ2n) is 12.4. The molecule has 1 aromatic carbocycles. The van der Waals surface area contributed by atoms with Gasteiger partial charge in [0.25, 0.3) is 0 Å². The minimum Gasteiger partial charge on any atom is -0.365 e. The van der Waals surface area contributed by atoms with E-state index < -0.39 is 12.1 Å². The number of rotatable bonds is 5. The maximum atomic E-state index is 12.7. The lowest BCUT2D eigenvalue weighted by molar-refractivity contribution is -0.301. The minimum atomic E-state index is -1.21. The van der Waals surface area contributed by atoms with Crippen molar-refractivity contribution in [3.8, 4) is 0 Å². The number of allylic oxidation sites excluding steroid dienone is 1. The fourth-order valence-electron chi connectivity index (χ4n) is 8.63. The lowest BCUT2D eigenvalue weighted by atomic mass is 9.45. The zero-order valence-electron chi connectivity index (χ0n) is 21.6. The Labute approximate surface area is 205 Å². The topological polar surface area (TPSA) is 55.8 Å². The van der Waals surface area contributed by atoms with Crippen LogP contribution in [0.3, 0.4) is 0 Å². The molecule has 0 saturated heterocycles. The third-order valence-corrected chi connectivity index (χ3v) is 11.1. The van der Waals surface area contributed by atoms with Crippen LogP contribution in [-0.4, -0.2) is 23.8 Å². The monoisotopic (exact) mass is 466 g/mol. The number of methoxy groups -OCH3 is 1. The Morgan fingerprint density at radius 3 is 2.41 bits per heavy atom. The Morgan fingerprint density at radius 1 is 1.03 bits per heavy atom. The Kier molecular flexibility index (Phi) is 5.90. The summed E-state index contributed by atoms with van der Waals surface area (Å²) in [6, 6.07) is 9.86. The molecule has 3 saturated carbocycles. The van der Waals surface area contributed by atoms with Gasteiger partial charge in [-0.1, -0.05) is 62.8 Å². The van der Waals surface area contributed by atoms with Crippen LogP contribution in [0.4, 0.5) is 0 Å². The van der Waals surface area contributed by atoms with Crippen molar-refractivity contribution >= 4 is 5.78 Å². The smallest absolute Gasteiger partial charge is 0.186 e. The van der Waals surface area contributed by atoms with Gasteiger partial charge in [-0.25, -0.2) is 0 Å². The molecule has 4 heteroatoms. The molecular weight excluding hydrogens is 424 g/mol. The summed E-state index contributed by atoms with van der Waals surface area (Å²) in [6.07, 6.45) is 9.52. The van der Waals surface area contributed by atoms with E-state index in [0.29, 0.717) is 36.4 Å². The summed E-state index contributed by atoms with van der Waals surface area (Å²) in [4.78, 5) is 12.7. The third kappa shape index (κ3) is 3.47. The first-order valence-electron chi connectivity index (χ1n) is 13.2. The van der Waals surface area contributed by atoms with Crippen LogP contribution < -0.4 is 0 Å². The fraction of sp³-hybridized carbons (Fsp3) is 0.700. The second kappa shape index (κ2) is 8.28. The van der Waals surface area contributed by atoms with E-state index in [0.717, 1.165) is 31.2 Å². The summed E-state index contributed by atoms with van der Waals surface area (Å²) >= 11 is 0. The molecule has 3 fully saturated rings. The molecule has 1 aromatic rings. The first-order chi connectivity index (χ1) is 16.1. The van der Waals surface area contributed by atoms with E-state index in [1.807, 2.05) is 37.3 Å². The van der Waals surface area contributed by atoms with Crippen molar-refractivity contribution < 1.29 is 19.4 Å². The van der Waals surface area contributed by atoms with E-state index in [1.165, 1.54) is 18.4 Å². The Bertz CT molecular complexity index is 971. The molecule has 0 aliphatic heterocycles. The molecule has 4 nitrogen and oxygen atoms in total. The van der Waals surface area contributed by atoms with Crippen molar-refractivity contribution in [1.29, 1.82) is 0 Å². The highest BCUT2D eigenvalue weighted by molar-refractivity contribution is 5.83. The molecule has 5 rings (SSSR count). The van der Waals surface area contributed by atoms with E-state index in [-0.39, 0.29) is 16.2 Å². The molecule has 8 atom stereocenters. The number of fused-ring (bicyclic) bond motifs is 5. The van der Waals surface area contributed by atoms with E-state index >= 15 is 0 Å². The molecule has 0 heterocycles. The third-order valence-electron chi connectivity index (χ3n) is 11.1. The van der Waals surface area contributed by atoms with Gasteiger partial charge in [0.1, 0.15) is 5.78 Å². The molecule has 0 radical (unpaired) electrons. The molecule has 1 N–H and O–H groups in total. The Balaban J connectivity index is 1.37. The molecule has 0 aromatic heterocycles. The van der Waals surface area contributed by atoms with Gasteiger partial charge in [0.05, 0.1) is 0 Å². The van der Waals surface area contributed by atoms with E-state index in [4.69, 9.17) is 9.47 Å². The summed E-state index contributed by atoms with van der Waals surface area (Å²) in [5.41, 5.74) is 2.32. The highest BCUT2D eigenvalue weighted by atomic mass is 16.7. The first kappa shape index (κ1) is 24.2. The lowest BCUT2D eigenvalue weighted by Gasteiger charge is -2.60. The van der Waals surface area contributed by atoms with Crippen molar-refractivity contribution in [1.82, 2.24) is 0 Å². The molecule has 4 aliphatic rings. The SMILES string of the molecule is COC(OC1(O)CC[C@@]2(C)C(=CC[C@@H]3[C@@H]2CC[C@@]2(C)[C@H]3CC[C@]2(C)C(C)=O)C1)c1ccccc1. The molecule has 4 aliphatic carbocycles. The number of ketones is 1. The van der Waals surface area contributed by atoms with Crippen molar-refractivity contribution in [2.45, 2.75) is 91.1 Å². The Morgan fingerprint density at radius 2 is 1.74 bits per heavy atom. The Hall–Kier alpha value is -1.49. The maximum Gasteiger partial charge on any atom is 0.186 e. The van der Waals surface area contributed by atoms with Crippen LogP contribution in [0.5, 0.6) is 0 Å². The van der Waals surface area contributed by atoms with Gasteiger partial charge in [-0.15, -0.1) is 0 Å². The van der Waals surface area contributed by atoms with Gasteiger partial charge < -0.3 is 14.6 Å². The van der Waals surface area contributed by atoms with E-state index in [9.17, 15) is 9.90 Å². The van der Waals surface area contributed by atoms with Crippen molar-refractivity contribution in [3.63, 3.8) is 0 Å². The highest BCUT2D eigenvalue weighted by Gasteiger charge is 2.64. The van der Waals surface area contributed by atoms with Crippen LogP contribution in [0, 0.1) is 34.0 Å². The molecule has 2 unspecified atom stereocenters. The number of hydrogen-bond donors (Lipinski definition) is 1. The average Bonchev–Trinajstić information content (AvgIpc) is 3.11. The zero-order valence-corrected chi connectivity index (χ0v) is 21.6. The molecule has 0 spiro atoms. The molecule has 0 bridgehead atoms. The van der Waals surface area contributed by atoms with Crippen LogP contribution in [0.1, 0.15) is 90.9 Å². The predicted octanol–water partition coefficient (Wildman–Crippen LogP) is 6.59. The van der Waals surface area contributed by atoms with Crippen LogP contribution >= 0.6 is 0 Å². The van der Waals surface area contributed by atoms with Gasteiger partial charge in [-0.05, 0) is 74.0 Å². The van der Waals surface area contributed by atoms with Gasteiger partial charge >= 0.3 is 0 Å². The summed E-state index contributed by atoms with van der Waals surface area (Å²) < 4.78 is 11.9. The predicted molar refractivity (Wildman–Crippen MR) is 133 cm³/mol. The maximum absolute atomic E-state index is 12.7. The van der Waals surface area contributed by atoms with Crippen LogP contribution in [0.2, 0.25) is 0 Å². The first-order valence-corrected chi connectivity index (χ1v) is 13.2. The summed E-state index contributed by atoms with van der Waals surface area (Å²) in [7, 11) is 1.63. The quantitative estimate of drug-likeness (QED) is 0.393. The number of ether oxygens (including phenoxy) is 2. The standard InChI is InChI=1S/C30H42O4/c1-20(31)28(3)15-14-25-23-12-11-22-19-30(32,34-26(33-5)21-9-7-6-8-10-21)18-17-27(22,2)24(23)13-16-29(25,28)4/h6-11,23-26,32H,12-19H2,1-5H3/t23-,24+,25+,26?,27+,28-,29+,30?/m1/s1. The molecular formula is C30H42O4. The average molecular weight is 467 g/mol. The van der Waals surface area contributed by atoms with Crippen molar-refractivity contribution in [2.24, 2.45) is 34.0 Å². The molecule has 0 amide bonds. The minimum absolute atomic E-state index is 0.102. The van der Waals surface area contributed by atoms with E-state index in [2.05, 4.69) is 26.8 Å². The van der Waals surface area contributed by atoms with Gasteiger partial charge in [0, 0.05) is 30.9 Å². The summed E-state index contributed by atoms with van der Waals surface area (Å²) in [5, 5.41) is 11.5. The van der Waals surface area contributed by atoms with Gasteiger partial charge in [-0.2, -0.15) is 0 Å². The van der Waals surface area contributed by atoms with Gasteiger partial charge in [-0.3, -0.25) is 4.79 Å². The van der Waals surface area contributed by atoms with Crippen LogP contribution in [-0.2, 0) is 14.3 Å². The van der Waals surface area contributed by atoms with Crippen molar-refractivity contribution in [2.75, 3.05) is 7.11 Å². The second-order valence-corrected chi connectivity index (χ2v) is 12.4. The number of Topliss-reactive ketones (excluding diaryl/α,β-unsaturated/α-hetero) is 1. The largest absolute Gasteiger partial charge is 0.365 e. The number of carbonyl (C=O) groups is 1. The number of carbonyl (C=O) groups excluding carboxylic acids is 1. The normalized spacial score (nSPS) is 44.4. The number of aliphatic hydroxyl groups is 1. The van der Waals surface area contributed by atoms with Gasteiger partial charge in [0.15, 0.2) is 12.1 Å². The summed E-state index contributed by atoms with van der Waals surface area (Å²) in [5.74, 6) is 1.04. The molecule has 186 valence electrons. The number of hydrogen-bond acceptors (Lipinski definition) is 4. The highest BCUT2D eigenvalue weighted by Crippen LogP contribution is 2.70. The molecule has 34 heavy (non-hydrogen) atoms. The lowest BCUT2D eigenvalue weighted by Crippen LogP contribution is -2.54. The van der Waals surface area contributed by atoms with E-state index in [1.54, 1.807) is 7.11 Å². The van der Waals surface area contributed by atoms with Crippen LogP contribution in [0.25, 0.3) is 0 Å². The van der Waals surface area contributed by atoms with Crippen LogP contribution in [0.15, 0.2) is 42.0 Å². The number of benzene rings is 1. The summed E-state index contributed by atoms with van der Waals surface area (Å²) in [6.45, 7) is 8.89. The zero-order chi connectivity index (χ0) is 24.4. The fourth-order valence-corrected chi connectivity index (χ4v) is 8.63. The van der Waals surface area contributed by atoms with Gasteiger partial charge in [0.2, 0.25) is 0 Å². The van der Waals surface area contributed by atoms with Crippen molar-refractivity contribution in [3.05, 3.63) is 47.5 Å².